The molecule has 0 amide bonds. The molecule has 2 rings (SSSR count). The maximum Gasteiger partial charge on any atom is 0.0568 e. The van der Waals surface area contributed by atoms with Gasteiger partial charge in [0, 0.05) is 29.0 Å². The topological polar surface area (TPSA) is 34.9 Å². The maximum absolute atomic E-state index is 12.1. The van der Waals surface area contributed by atoms with Gasteiger partial charge in [0.15, 0.2) is 0 Å². The summed E-state index contributed by atoms with van der Waals surface area (Å²) in [4.78, 5) is 0.928. The van der Waals surface area contributed by atoms with Gasteiger partial charge in [-0.2, -0.15) is 5.10 Å². The van der Waals surface area contributed by atoms with Gasteiger partial charge in [-0.25, -0.2) is 0 Å². The molecule has 0 bridgehead atoms. The summed E-state index contributed by atoms with van der Waals surface area (Å²) in [5, 5.41) is 4.31. The third kappa shape index (κ3) is 2.53. The highest BCUT2D eigenvalue weighted by atomic mass is 32.2. The van der Waals surface area contributed by atoms with Gasteiger partial charge in [-0.3, -0.25) is 8.89 Å². The van der Waals surface area contributed by atoms with Crippen molar-refractivity contribution in [1.82, 2.24) is 9.78 Å². The number of nitrogens with zero attached hydrogens (tertiary/aromatic N) is 2. The van der Waals surface area contributed by atoms with Gasteiger partial charge in [0.25, 0.3) is 0 Å². The Morgan fingerprint density at radius 3 is 2.50 bits per heavy atom. The summed E-state index contributed by atoms with van der Waals surface area (Å²) in [5.74, 6) is 0. The second-order valence-electron chi connectivity index (χ2n) is 4.73. The van der Waals surface area contributed by atoms with Crippen molar-refractivity contribution in [2.24, 2.45) is 7.05 Å². The van der Waals surface area contributed by atoms with Gasteiger partial charge in [0.05, 0.1) is 17.0 Å². The van der Waals surface area contributed by atoms with Crippen LogP contribution >= 0.6 is 0 Å². The molecule has 1 heterocycles. The van der Waals surface area contributed by atoms with E-state index in [0.29, 0.717) is 0 Å². The Bertz CT molecular complexity index is 587. The number of hydrogen-bond donors (Lipinski definition) is 0. The van der Waals surface area contributed by atoms with E-state index in [2.05, 4.69) is 11.2 Å². The van der Waals surface area contributed by atoms with Crippen molar-refractivity contribution in [1.29, 1.82) is 0 Å². The lowest BCUT2D eigenvalue weighted by Crippen LogP contribution is -2.07. The Hall–Kier alpha value is -1.42. The molecule has 0 aliphatic carbocycles. The Morgan fingerprint density at radius 2 is 2.00 bits per heavy atom. The van der Waals surface area contributed by atoms with E-state index in [4.69, 9.17) is 0 Å². The van der Waals surface area contributed by atoms with Crippen molar-refractivity contribution in [3.05, 3.63) is 36.2 Å². The minimum atomic E-state index is -0.927. The van der Waals surface area contributed by atoms with E-state index >= 15 is 0 Å². The van der Waals surface area contributed by atoms with E-state index < -0.39 is 10.8 Å². The molecule has 1 aromatic heterocycles. The molecular formula is C14H18N2OS. The number of hydrogen-bond acceptors (Lipinski definition) is 2. The molecule has 1 atom stereocenters. The lowest BCUT2D eigenvalue weighted by molar-refractivity contribution is 0.676. The molecule has 2 aromatic rings. The summed E-state index contributed by atoms with van der Waals surface area (Å²) in [6.07, 6.45) is 3.82. The van der Waals surface area contributed by atoms with Crippen molar-refractivity contribution in [3.8, 4) is 11.1 Å². The van der Waals surface area contributed by atoms with Gasteiger partial charge in [-0.15, -0.1) is 0 Å². The van der Waals surface area contributed by atoms with E-state index in [9.17, 15) is 4.21 Å². The van der Waals surface area contributed by atoms with E-state index in [-0.39, 0.29) is 5.25 Å². The van der Waals surface area contributed by atoms with Crippen LogP contribution in [0.15, 0.2) is 35.5 Å². The zero-order chi connectivity index (χ0) is 13.3. The molecule has 0 spiro atoms. The van der Waals surface area contributed by atoms with Crippen molar-refractivity contribution in [3.63, 3.8) is 0 Å². The van der Waals surface area contributed by atoms with Crippen LogP contribution < -0.4 is 0 Å². The van der Waals surface area contributed by atoms with E-state index in [1.54, 1.807) is 4.68 Å². The molecule has 18 heavy (non-hydrogen) atoms. The third-order valence-electron chi connectivity index (χ3n) is 2.86. The number of benzene rings is 1. The summed E-state index contributed by atoms with van der Waals surface area (Å²) < 4.78 is 13.9. The largest absolute Gasteiger partial charge is 0.275 e. The van der Waals surface area contributed by atoms with Crippen LogP contribution in [0, 0.1) is 6.92 Å². The second kappa shape index (κ2) is 5.06. The standard InChI is InChI=1S/C14H18N2OS/c1-10(2)18(17)14-6-5-12(7-11(14)3)13-8-15-16(4)9-13/h5-10H,1-4H3. The second-order valence-corrected chi connectivity index (χ2v) is 6.71. The summed E-state index contributed by atoms with van der Waals surface area (Å²) in [6, 6.07) is 6.06. The Kier molecular flexibility index (Phi) is 3.66. The van der Waals surface area contributed by atoms with Gasteiger partial charge in [-0.1, -0.05) is 26.0 Å². The normalized spacial score (nSPS) is 12.9. The van der Waals surface area contributed by atoms with Crippen LogP contribution in [0.1, 0.15) is 19.4 Å². The van der Waals surface area contributed by atoms with Crippen LogP contribution in [0.5, 0.6) is 0 Å². The minimum Gasteiger partial charge on any atom is -0.275 e. The fourth-order valence-corrected chi connectivity index (χ4v) is 2.97. The van der Waals surface area contributed by atoms with Crippen LogP contribution in [0.3, 0.4) is 0 Å². The molecule has 4 heteroatoms. The molecule has 0 saturated carbocycles. The van der Waals surface area contributed by atoms with Gasteiger partial charge in [0.1, 0.15) is 0 Å². The minimum absolute atomic E-state index is 0.146. The van der Waals surface area contributed by atoms with E-state index in [0.717, 1.165) is 21.6 Å². The van der Waals surface area contributed by atoms with E-state index in [1.165, 1.54) is 0 Å². The van der Waals surface area contributed by atoms with Gasteiger partial charge in [0.2, 0.25) is 0 Å². The SMILES string of the molecule is Cc1cc(-c2cnn(C)c2)ccc1S(=O)C(C)C. The number of aromatic nitrogens is 2. The fraction of sp³-hybridized carbons (Fsp3) is 0.357. The van der Waals surface area contributed by atoms with Crippen LogP contribution in [0.4, 0.5) is 0 Å². The van der Waals surface area contributed by atoms with Crippen LogP contribution in [0.25, 0.3) is 11.1 Å². The van der Waals surface area contributed by atoms with Crippen molar-refractivity contribution in [2.75, 3.05) is 0 Å². The Balaban J connectivity index is 2.39. The highest BCUT2D eigenvalue weighted by molar-refractivity contribution is 7.85. The molecular weight excluding hydrogens is 244 g/mol. The first-order valence-electron chi connectivity index (χ1n) is 5.99. The van der Waals surface area contributed by atoms with Crippen LogP contribution in [0.2, 0.25) is 0 Å². The Labute approximate surface area is 110 Å². The first-order chi connectivity index (χ1) is 8.49. The molecule has 96 valence electrons. The van der Waals surface area contributed by atoms with Gasteiger partial charge < -0.3 is 0 Å². The fourth-order valence-electron chi connectivity index (χ4n) is 1.88. The number of rotatable bonds is 3. The maximum atomic E-state index is 12.1. The monoisotopic (exact) mass is 262 g/mol. The molecule has 0 saturated heterocycles. The van der Waals surface area contributed by atoms with Crippen molar-refractivity contribution < 1.29 is 4.21 Å². The molecule has 0 fully saturated rings. The molecule has 0 N–H and O–H groups in total. The zero-order valence-electron chi connectivity index (χ0n) is 11.2. The quantitative estimate of drug-likeness (QED) is 0.852. The van der Waals surface area contributed by atoms with Crippen LogP contribution in [-0.2, 0) is 17.8 Å². The first kappa shape index (κ1) is 13.0. The highest BCUT2D eigenvalue weighted by Crippen LogP contribution is 2.24. The summed E-state index contributed by atoms with van der Waals surface area (Å²) in [5.41, 5.74) is 3.27. The Morgan fingerprint density at radius 1 is 1.28 bits per heavy atom. The molecule has 0 radical (unpaired) electrons. The highest BCUT2D eigenvalue weighted by Gasteiger charge is 2.12. The average molecular weight is 262 g/mol. The molecule has 3 nitrogen and oxygen atoms in total. The summed E-state index contributed by atoms with van der Waals surface area (Å²) in [7, 11) is 0.974. The molecule has 1 unspecified atom stereocenters. The summed E-state index contributed by atoms with van der Waals surface area (Å²) in [6.45, 7) is 5.96. The van der Waals surface area contributed by atoms with Gasteiger partial charge in [-0.05, 0) is 24.1 Å². The molecule has 0 aliphatic rings. The summed E-state index contributed by atoms with van der Waals surface area (Å²) >= 11 is 0. The van der Waals surface area contributed by atoms with E-state index in [1.807, 2.05) is 52.3 Å². The lowest BCUT2D eigenvalue weighted by atomic mass is 10.1. The predicted molar refractivity (Wildman–Crippen MR) is 74.9 cm³/mol. The predicted octanol–water partition coefficient (Wildman–Crippen LogP) is 2.91. The number of aryl methyl sites for hydroxylation is 2. The van der Waals surface area contributed by atoms with Crippen LogP contribution in [-0.4, -0.2) is 19.2 Å². The smallest absolute Gasteiger partial charge is 0.0568 e. The first-order valence-corrected chi connectivity index (χ1v) is 7.20. The lowest BCUT2D eigenvalue weighted by Gasteiger charge is -2.10. The zero-order valence-corrected chi connectivity index (χ0v) is 12.0. The van der Waals surface area contributed by atoms with Crippen molar-refractivity contribution in [2.45, 2.75) is 30.9 Å². The van der Waals surface area contributed by atoms with Crippen molar-refractivity contribution >= 4 is 10.8 Å². The third-order valence-corrected chi connectivity index (χ3v) is 4.61. The van der Waals surface area contributed by atoms with Gasteiger partial charge >= 0.3 is 0 Å². The average Bonchev–Trinajstić information content (AvgIpc) is 2.74. The molecule has 1 aromatic carbocycles. The molecule has 0 aliphatic heterocycles.